The first-order valence-electron chi connectivity index (χ1n) is 12.2. The number of halogens is 3. The Labute approximate surface area is 221 Å². The van der Waals surface area contributed by atoms with Crippen LogP contribution in [0.15, 0.2) is 18.2 Å². The van der Waals surface area contributed by atoms with Gasteiger partial charge in [0.15, 0.2) is 5.69 Å². The summed E-state index contributed by atoms with van der Waals surface area (Å²) in [6, 6.07) is 5.38. The highest BCUT2D eigenvalue weighted by Crippen LogP contribution is 2.40. The highest BCUT2D eigenvalue weighted by molar-refractivity contribution is 7.91. The van der Waals surface area contributed by atoms with Crippen LogP contribution in [0.3, 0.4) is 0 Å². The molecule has 2 aromatic rings. The van der Waals surface area contributed by atoms with Crippen LogP contribution in [0.2, 0.25) is 5.02 Å². The molecule has 1 heterocycles. The normalized spacial score (nSPS) is 20.4. The van der Waals surface area contributed by atoms with Crippen molar-refractivity contribution < 1.29 is 31.5 Å². The highest BCUT2D eigenvalue weighted by atomic mass is 35.5. The van der Waals surface area contributed by atoms with Crippen LogP contribution >= 0.6 is 11.6 Å². The Morgan fingerprint density at radius 2 is 1.81 bits per heavy atom. The highest BCUT2D eigenvalue weighted by Gasteiger charge is 2.43. The summed E-state index contributed by atoms with van der Waals surface area (Å²) in [5.74, 6) is -1.14. The first kappa shape index (κ1) is 29.2. The van der Waals surface area contributed by atoms with Crippen LogP contribution in [0.1, 0.15) is 55.9 Å². The lowest BCUT2D eigenvalue weighted by molar-refractivity contribution is 0.0937. The molecule has 0 radical (unpaired) electrons. The Morgan fingerprint density at radius 1 is 1.19 bits per heavy atom. The number of alkyl halides is 2. The SMILES string of the molecule is CCn1nc(C(=O)NCC2CCC(S(C)(=O)=O)CC2)c(Cl)c1-c1ccc(OC)cc1OC.FC1(F)CC1. The summed E-state index contributed by atoms with van der Waals surface area (Å²) in [5.41, 5.74) is 1.48. The number of carbonyl (C=O) groups is 1. The van der Waals surface area contributed by atoms with Gasteiger partial charge in [-0.1, -0.05) is 11.6 Å². The van der Waals surface area contributed by atoms with Crippen molar-refractivity contribution in [3.63, 3.8) is 0 Å². The molecule has 12 heteroatoms. The number of sulfone groups is 1. The molecule has 0 bridgehead atoms. The molecule has 1 amide bonds. The minimum absolute atomic E-state index is 0.118. The fourth-order valence-electron chi connectivity index (χ4n) is 4.24. The Bertz CT molecular complexity index is 1210. The molecule has 2 aliphatic carbocycles. The number of nitrogens with one attached hydrogen (secondary N) is 1. The van der Waals surface area contributed by atoms with Crippen LogP contribution in [0, 0.1) is 5.92 Å². The first-order chi connectivity index (χ1) is 17.4. The molecule has 0 atom stereocenters. The van der Waals surface area contributed by atoms with E-state index in [1.807, 2.05) is 13.0 Å². The summed E-state index contributed by atoms with van der Waals surface area (Å²) in [6.45, 7) is 2.91. The molecule has 8 nitrogen and oxygen atoms in total. The number of methoxy groups -OCH3 is 2. The molecule has 2 aliphatic rings. The number of hydrogen-bond donors (Lipinski definition) is 1. The van der Waals surface area contributed by atoms with Crippen molar-refractivity contribution in [2.75, 3.05) is 27.0 Å². The quantitative estimate of drug-likeness (QED) is 0.487. The first-order valence-corrected chi connectivity index (χ1v) is 14.6. The van der Waals surface area contributed by atoms with Gasteiger partial charge in [0.2, 0.25) is 5.92 Å². The standard InChI is InChI=1S/C22H30ClN3O5S.C3H4F2/c1-5-26-21(17-11-8-15(30-2)12-18(17)31-3)19(23)20(25-26)22(27)24-13-14-6-9-16(10-7-14)32(4,28)29;4-3(5)1-2-3/h8,11-12,14,16H,5-7,9-10,13H2,1-4H3,(H,24,27);1-2H2. The van der Waals surface area contributed by atoms with Gasteiger partial charge >= 0.3 is 0 Å². The molecule has 4 rings (SSSR count). The molecule has 0 aliphatic heterocycles. The number of hydrogen-bond acceptors (Lipinski definition) is 6. The van der Waals surface area contributed by atoms with Gasteiger partial charge in [0.05, 0.1) is 30.2 Å². The average molecular weight is 562 g/mol. The number of benzene rings is 1. The maximum atomic E-state index is 12.9. The third-order valence-corrected chi connectivity index (χ3v) is 8.69. The predicted molar refractivity (Wildman–Crippen MR) is 139 cm³/mol. The molecule has 0 saturated heterocycles. The van der Waals surface area contributed by atoms with Crippen LogP contribution in [0.5, 0.6) is 11.5 Å². The maximum Gasteiger partial charge on any atom is 0.273 e. The van der Waals surface area contributed by atoms with Crippen LogP contribution in [0.25, 0.3) is 11.3 Å². The van der Waals surface area contributed by atoms with Crippen LogP contribution in [0.4, 0.5) is 8.78 Å². The molecule has 1 N–H and O–H groups in total. The predicted octanol–water partition coefficient (Wildman–Crippen LogP) is 4.99. The molecule has 37 heavy (non-hydrogen) atoms. The number of nitrogens with zero attached hydrogens (tertiary/aromatic N) is 2. The van der Waals surface area contributed by atoms with E-state index in [1.165, 1.54) is 6.26 Å². The summed E-state index contributed by atoms with van der Waals surface area (Å²) in [7, 11) is 0.131. The molecule has 0 spiro atoms. The topological polar surface area (TPSA) is 99.5 Å². The summed E-state index contributed by atoms with van der Waals surface area (Å²) < 4.78 is 58.2. The maximum absolute atomic E-state index is 12.9. The van der Waals surface area contributed by atoms with Crippen molar-refractivity contribution in [1.29, 1.82) is 0 Å². The second-order valence-corrected chi connectivity index (χ2v) is 12.1. The minimum atomic E-state index is -3.01. The molecule has 2 saturated carbocycles. The van der Waals surface area contributed by atoms with E-state index in [2.05, 4.69) is 10.4 Å². The van der Waals surface area contributed by atoms with E-state index in [-0.39, 0.29) is 40.6 Å². The lowest BCUT2D eigenvalue weighted by Gasteiger charge is -2.27. The van der Waals surface area contributed by atoms with Gasteiger partial charge in [-0.05, 0) is 50.7 Å². The summed E-state index contributed by atoms with van der Waals surface area (Å²) in [6.07, 6.45) is 4.33. The summed E-state index contributed by atoms with van der Waals surface area (Å²) >= 11 is 6.63. The Hall–Kier alpha value is -2.40. The smallest absolute Gasteiger partial charge is 0.273 e. The van der Waals surface area contributed by atoms with Crippen molar-refractivity contribution >= 4 is 27.3 Å². The van der Waals surface area contributed by atoms with Crippen molar-refractivity contribution in [3.8, 4) is 22.8 Å². The van der Waals surface area contributed by atoms with Crippen molar-refractivity contribution in [1.82, 2.24) is 15.1 Å². The number of ether oxygens (including phenoxy) is 2. The van der Waals surface area contributed by atoms with Gasteiger partial charge in [-0.25, -0.2) is 17.2 Å². The van der Waals surface area contributed by atoms with E-state index >= 15 is 0 Å². The summed E-state index contributed by atoms with van der Waals surface area (Å²) in [5, 5.41) is 7.35. The molecule has 0 unspecified atom stereocenters. The zero-order valence-corrected chi connectivity index (χ0v) is 23.1. The van der Waals surface area contributed by atoms with Gasteiger partial charge in [-0.3, -0.25) is 9.48 Å². The second kappa shape index (κ2) is 12.0. The number of aromatic nitrogens is 2. The minimum Gasteiger partial charge on any atom is -0.497 e. The van der Waals surface area contributed by atoms with E-state index in [9.17, 15) is 22.0 Å². The third kappa shape index (κ3) is 7.56. The van der Waals surface area contributed by atoms with Crippen LogP contribution < -0.4 is 14.8 Å². The van der Waals surface area contributed by atoms with E-state index in [0.717, 1.165) is 12.8 Å². The Kier molecular flexibility index (Phi) is 9.44. The Balaban J connectivity index is 0.000000678. The average Bonchev–Trinajstić information content (AvgIpc) is 3.47. The lowest BCUT2D eigenvalue weighted by Crippen LogP contribution is -2.34. The summed E-state index contributed by atoms with van der Waals surface area (Å²) in [4.78, 5) is 12.9. The third-order valence-electron chi connectivity index (χ3n) is 6.65. The van der Waals surface area contributed by atoms with Crippen LogP contribution in [-0.4, -0.2) is 62.3 Å². The van der Waals surface area contributed by atoms with Gasteiger partial charge in [0.25, 0.3) is 5.91 Å². The van der Waals surface area contributed by atoms with Gasteiger partial charge in [0.1, 0.15) is 21.3 Å². The molecule has 1 aromatic heterocycles. The second-order valence-electron chi connectivity index (χ2n) is 9.43. The lowest BCUT2D eigenvalue weighted by atomic mass is 9.89. The fraction of sp³-hybridized carbons (Fsp3) is 0.600. The van der Waals surface area contributed by atoms with Gasteiger partial charge in [-0.15, -0.1) is 0 Å². The van der Waals surface area contributed by atoms with Gasteiger partial charge < -0.3 is 14.8 Å². The van der Waals surface area contributed by atoms with E-state index in [1.54, 1.807) is 31.0 Å². The van der Waals surface area contributed by atoms with E-state index in [0.29, 0.717) is 48.7 Å². The molecular weight excluding hydrogens is 528 g/mol. The number of amides is 1. The molecular formula is C25H34ClF2N3O5S. The number of aryl methyl sites for hydroxylation is 1. The number of rotatable bonds is 8. The molecule has 2 fully saturated rings. The largest absolute Gasteiger partial charge is 0.497 e. The zero-order chi connectivity index (χ0) is 27.4. The number of carbonyl (C=O) groups excluding carboxylic acids is 1. The monoisotopic (exact) mass is 561 g/mol. The van der Waals surface area contributed by atoms with E-state index in [4.69, 9.17) is 21.1 Å². The van der Waals surface area contributed by atoms with Crippen molar-refractivity contribution in [3.05, 3.63) is 28.9 Å². The fourth-order valence-corrected chi connectivity index (χ4v) is 5.70. The molecule has 206 valence electrons. The van der Waals surface area contributed by atoms with Crippen molar-refractivity contribution in [2.24, 2.45) is 5.92 Å². The Morgan fingerprint density at radius 3 is 2.30 bits per heavy atom. The van der Waals surface area contributed by atoms with Gasteiger partial charge in [0, 0.05) is 43.8 Å². The van der Waals surface area contributed by atoms with Gasteiger partial charge in [-0.2, -0.15) is 5.10 Å². The van der Waals surface area contributed by atoms with Crippen molar-refractivity contribution in [2.45, 2.75) is 63.2 Å². The zero-order valence-electron chi connectivity index (χ0n) is 21.5. The molecule has 1 aromatic carbocycles. The van der Waals surface area contributed by atoms with E-state index < -0.39 is 15.8 Å². The van der Waals surface area contributed by atoms with Crippen LogP contribution in [-0.2, 0) is 16.4 Å².